The first-order valence-electron chi connectivity index (χ1n) is 9.05. The number of fused-ring (bicyclic) bond motifs is 3. The van der Waals surface area contributed by atoms with E-state index in [4.69, 9.17) is 0 Å². The summed E-state index contributed by atoms with van der Waals surface area (Å²) in [5.41, 5.74) is 5.83. The Morgan fingerprint density at radius 2 is 1.92 bits per heavy atom. The largest absolute Gasteiger partial charge is 0.336 e. The van der Waals surface area contributed by atoms with E-state index in [2.05, 4.69) is 40.6 Å². The summed E-state index contributed by atoms with van der Waals surface area (Å²) in [5.74, 6) is 0.232. The molecule has 0 bridgehead atoms. The van der Waals surface area contributed by atoms with Gasteiger partial charge in [-0.1, -0.05) is 37.3 Å². The van der Waals surface area contributed by atoms with Gasteiger partial charge in [0, 0.05) is 25.6 Å². The van der Waals surface area contributed by atoms with Crippen LogP contribution in [0.15, 0.2) is 48.7 Å². The minimum absolute atomic E-state index is 0.232. The molecule has 128 valence electrons. The van der Waals surface area contributed by atoms with Crippen LogP contribution in [0, 0.1) is 0 Å². The summed E-state index contributed by atoms with van der Waals surface area (Å²) >= 11 is 0. The van der Waals surface area contributed by atoms with E-state index >= 15 is 0 Å². The van der Waals surface area contributed by atoms with Gasteiger partial charge < -0.3 is 9.30 Å². The fourth-order valence-corrected chi connectivity index (χ4v) is 3.53. The second-order valence-electron chi connectivity index (χ2n) is 6.67. The maximum atomic E-state index is 12.7. The molecule has 0 unspecified atom stereocenters. The van der Waals surface area contributed by atoms with E-state index < -0.39 is 0 Å². The fraction of sp³-hybridized carbons (Fsp3) is 0.333. The third-order valence-corrected chi connectivity index (χ3v) is 5.08. The van der Waals surface area contributed by atoms with Gasteiger partial charge in [0.05, 0.1) is 17.9 Å². The number of rotatable bonds is 4. The number of imidazole rings is 1. The maximum absolute atomic E-state index is 12.7. The summed E-state index contributed by atoms with van der Waals surface area (Å²) in [5, 5.41) is 0. The predicted molar refractivity (Wildman–Crippen MR) is 98.5 cm³/mol. The van der Waals surface area contributed by atoms with Crippen molar-refractivity contribution >= 4 is 11.6 Å². The number of amides is 1. The summed E-state index contributed by atoms with van der Waals surface area (Å²) in [6.07, 6.45) is 5.30. The lowest BCUT2D eigenvalue weighted by Gasteiger charge is -2.27. The molecule has 0 aliphatic carbocycles. The minimum atomic E-state index is 0.232. The quantitative estimate of drug-likeness (QED) is 0.734. The Morgan fingerprint density at radius 1 is 1.12 bits per heavy atom. The Morgan fingerprint density at radius 3 is 2.72 bits per heavy atom. The zero-order valence-corrected chi connectivity index (χ0v) is 14.6. The highest BCUT2D eigenvalue weighted by atomic mass is 16.2. The molecule has 2 aromatic heterocycles. The van der Waals surface area contributed by atoms with Gasteiger partial charge in [-0.3, -0.25) is 4.79 Å². The van der Waals surface area contributed by atoms with Gasteiger partial charge in [-0.25, -0.2) is 4.98 Å². The molecule has 1 aromatic carbocycles. The fourth-order valence-electron chi connectivity index (χ4n) is 3.53. The van der Waals surface area contributed by atoms with Crippen LogP contribution in [0.3, 0.4) is 0 Å². The lowest BCUT2D eigenvalue weighted by molar-refractivity contribution is -0.132. The molecule has 0 atom stereocenters. The monoisotopic (exact) mass is 333 g/mol. The molecule has 1 aliphatic heterocycles. The van der Waals surface area contributed by atoms with E-state index in [1.165, 1.54) is 11.1 Å². The van der Waals surface area contributed by atoms with Crippen LogP contribution in [-0.2, 0) is 30.6 Å². The van der Waals surface area contributed by atoms with Crippen molar-refractivity contribution in [2.75, 3.05) is 6.54 Å². The summed E-state index contributed by atoms with van der Waals surface area (Å²) in [7, 11) is 0. The number of carbonyl (C=O) groups is 1. The molecule has 0 N–H and O–H groups in total. The van der Waals surface area contributed by atoms with Crippen LogP contribution in [0.25, 0.3) is 5.65 Å². The van der Waals surface area contributed by atoms with Crippen molar-refractivity contribution < 1.29 is 4.79 Å². The molecule has 3 aromatic rings. The van der Waals surface area contributed by atoms with Crippen LogP contribution in [0.4, 0.5) is 0 Å². The Hall–Kier alpha value is -2.62. The van der Waals surface area contributed by atoms with Crippen molar-refractivity contribution in [2.24, 2.45) is 0 Å². The van der Waals surface area contributed by atoms with Gasteiger partial charge in [0.15, 0.2) is 0 Å². The standard InChI is InChI=1S/C21H23N3O/c1-2-16-6-8-17(9-7-16)10-11-21(25)23-14-12-18-19(15-23)24-13-4-3-5-20(24)22-18/h3-9,13H,2,10-12,14-15H2,1H3. The first-order valence-corrected chi connectivity index (χ1v) is 9.05. The molecular weight excluding hydrogens is 310 g/mol. The van der Waals surface area contributed by atoms with E-state index in [-0.39, 0.29) is 5.91 Å². The average Bonchev–Trinajstić information content (AvgIpc) is 3.04. The Bertz CT molecular complexity index is 895. The third-order valence-electron chi connectivity index (χ3n) is 5.08. The molecule has 0 radical (unpaired) electrons. The van der Waals surface area contributed by atoms with Gasteiger partial charge in [-0.15, -0.1) is 0 Å². The Balaban J connectivity index is 1.43. The summed E-state index contributed by atoms with van der Waals surface area (Å²) in [4.78, 5) is 19.3. The highest BCUT2D eigenvalue weighted by Gasteiger charge is 2.24. The third kappa shape index (κ3) is 3.16. The molecule has 1 aliphatic rings. The highest BCUT2D eigenvalue weighted by Crippen LogP contribution is 2.21. The van der Waals surface area contributed by atoms with Crippen LogP contribution in [-0.4, -0.2) is 26.7 Å². The van der Waals surface area contributed by atoms with Crippen LogP contribution in [0.2, 0.25) is 0 Å². The van der Waals surface area contributed by atoms with Gasteiger partial charge in [-0.2, -0.15) is 0 Å². The van der Waals surface area contributed by atoms with Gasteiger partial charge >= 0.3 is 0 Å². The van der Waals surface area contributed by atoms with Crippen molar-refractivity contribution in [3.63, 3.8) is 0 Å². The Kier molecular flexibility index (Phi) is 4.26. The van der Waals surface area contributed by atoms with Gasteiger partial charge in [0.25, 0.3) is 0 Å². The van der Waals surface area contributed by atoms with Crippen LogP contribution >= 0.6 is 0 Å². The lowest BCUT2D eigenvalue weighted by atomic mass is 10.0. The molecular formula is C21H23N3O. The van der Waals surface area contributed by atoms with Crippen molar-refractivity contribution in [1.82, 2.24) is 14.3 Å². The number of aryl methyl sites for hydroxylation is 2. The normalized spacial score (nSPS) is 13.9. The highest BCUT2D eigenvalue weighted by molar-refractivity contribution is 5.76. The summed E-state index contributed by atoms with van der Waals surface area (Å²) in [6, 6.07) is 14.6. The van der Waals surface area contributed by atoms with Gasteiger partial charge in [-0.05, 0) is 36.1 Å². The van der Waals surface area contributed by atoms with E-state index in [9.17, 15) is 4.79 Å². The van der Waals surface area contributed by atoms with Crippen molar-refractivity contribution in [2.45, 2.75) is 39.2 Å². The van der Waals surface area contributed by atoms with Crippen LogP contribution in [0.5, 0.6) is 0 Å². The second-order valence-corrected chi connectivity index (χ2v) is 6.67. The van der Waals surface area contributed by atoms with Crippen molar-refractivity contribution in [3.8, 4) is 0 Å². The van der Waals surface area contributed by atoms with Crippen molar-refractivity contribution in [1.29, 1.82) is 0 Å². The molecule has 4 nitrogen and oxygen atoms in total. The first kappa shape index (κ1) is 15.9. The number of aromatic nitrogens is 2. The van der Waals surface area contributed by atoms with Crippen LogP contribution in [0.1, 0.15) is 35.9 Å². The molecule has 1 amide bonds. The minimum Gasteiger partial charge on any atom is -0.336 e. The van der Waals surface area contributed by atoms with Gasteiger partial charge in [0.2, 0.25) is 5.91 Å². The zero-order chi connectivity index (χ0) is 17.2. The molecule has 0 fully saturated rings. The molecule has 0 saturated heterocycles. The van der Waals surface area contributed by atoms with E-state index in [1.54, 1.807) is 0 Å². The average molecular weight is 333 g/mol. The number of benzene rings is 1. The van der Waals surface area contributed by atoms with Crippen molar-refractivity contribution in [3.05, 3.63) is 71.2 Å². The smallest absolute Gasteiger partial charge is 0.223 e. The van der Waals surface area contributed by atoms with E-state index in [0.29, 0.717) is 13.0 Å². The number of hydrogen-bond donors (Lipinski definition) is 0. The molecule has 25 heavy (non-hydrogen) atoms. The zero-order valence-electron chi connectivity index (χ0n) is 14.6. The number of nitrogens with zero attached hydrogens (tertiary/aromatic N) is 3. The van der Waals surface area contributed by atoms with Crippen LogP contribution < -0.4 is 0 Å². The van der Waals surface area contributed by atoms with E-state index in [0.717, 1.165) is 42.8 Å². The van der Waals surface area contributed by atoms with Gasteiger partial charge in [0.1, 0.15) is 5.65 Å². The topological polar surface area (TPSA) is 37.6 Å². The molecule has 4 heteroatoms. The lowest BCUT2D eigenvalue weighted by Crippen LogP contribution is -2.36. The summed E-state index contributed by atoms with van der Waals surface area (Å²) < 4.78 is 2.11. The summed E-state index contributed by atoms with van der Waals surface area (Å²) in [6.45, 7) is 3.59. The SMILES string of the molecule is CCc1ccc(CCC(=O)N2CCc3nc4ccccn4c3C2)cc1. The predicted octanol–water partition coefficient (Wildman–Crippen LogP) is 3.41. The first-order chi connectivity index (χ1) is 12.2. The Labute approximate surface area is 148 Å². The second kappa shape index (κ2) is 6.71. The number of carbonyl (C=O) groups excluding carboxylic acids is 1. The molecule has 0 saturated carbocycles. The molecule has 4 rings (SSSR count). The molecule has 3 heterocycles. The number of hydrogen-bond acceptors (Lipinski definition) is 2. The maximum Gasteiger partial charge on any atom is 0.223 e. The van der Waals surface area contributed by atoms with E-state index in [1.807, 2.05) is 29.3 Å². The number of pyridine rings is 1. The molecule has 0 spiro atoms.